The molecule has 0 radical (unpaired) electrons. The van der Waals surface area contributed by atoms with Crippen molar-refractivity contribution in [2.75, 3.05) is 6.61 Å². The minimum absolute atomic E-state index is 0.0587. The summed E-state index contributed by atoms with van der Waals surface area (Å²) in [5.41, 5.74) is 5.09. The van der Waals surface area contributed by atoms with Crippen LogP contribution in [0, 0.1) is 20.8 Å². The first kappa shape index (κ1) is 20.1. The average Bonchev–Trinajstić information content (AvgIpc) is 2.57. The zero-order chi connectivity index (χ0) is 18.4. The molecule has 1 aromatic rings. The molecule has 0 N–H and O–H groups in total. The molecule has 1 heterocycles. The fourth-order valence-electron chi connectivity index (χ4n) is 3.80. The van der Waals surface area contributed by atoms with Gasteiger partial charge in [0.1, 0.15) is 17.1 Å². The Kier molecular flexibility index (Phi) is 7.22. The fourth-order valence-corrected chi connectivity index (χ4v) is 3.80. The van der Waals surface area contributed by atoms with Gasteiger partial charge in [-0.1, -0.05) is 45.4 Å². The molecule has 2 nitrogen and oxygen atoms in total. The Morgan fingerprint density at radius 3 is 2.20 bits per heavy atom. The van der Waals surface area contributed by atoms with Gasteiger partial charge in [-0.2, -0.15) is 0 Å². The zero-order valence-electron chi connectivity index (χ0n) is 17.4. The van der Waals surface area contributed by atoms with Crippen LogP contribution in [-0.2, 0) is 6.42 Å². The summed E-state index contributed by atoms with van der Waals surface area (Å²) < 4.78 is 12.5. The van der Waals surface area contributed by atoms with E-state index < -0.39 is 0 Å². The molecule has 0 spiro atoms. The van der Waals surface area contributed by atoms with Crippen molar-refractivity contribution in [2.24, 2.45) is 0 Å². The van der Waals surface area contributed by atoms with Crippen molar-refractivity contribution in [3.8, 4) is 11.5 Å². The lowest BCUT2D eigenvalue weighted by atomic mass is 9.88. The van der Waals surface area contributed by atoms with E-state index in [1.54, 1.807) is 0 Å². The number of rotatable bonds is 9. The SMILES string of the molecule is CCCCCCCCCOc1c(C)c(C)c2c(c1C)CCC(C)(C)O2. The third-order valence-electron chi connectivity index (χ3n) is 5.66. The molecule has 25 heavy (non-hydrogen) atoms. The summed E-state index contributed by atoms with van der Waals surface area (Å²) in [6.07, 6.45) is 11.4. The molecule has 0 saturated heterocycles. The van der Waals surface area contributed by atoms with E-state index in [0.717, 1.165) is 37.4 Å². The summed E-state index contributed by atoms with van der Waals surface area (Å²) in [6.45, 7) is 14.0. The first-order valence-corrected chi connectivity index (χ1v) is 10.3. The number of ether oxygens (including phenoxy) is 2. The molecule has 0 atom stereocenters. The van der Waals surface area contributed by atoms with Crippen LogP contribution in [-0.4, -0.2) is 12.2 Å². The van der Waals surface area contributed by atoms with Crippen LogP contribution < -0.4 is 9.47 Å². The summed E-state index contributed by atoms with van der Waals surface area (Å²) in [4.78, 5) is 0. The predicted molar refractivity (Wildman–Crippen MR) is 107 cm³/mol. The van der Waals surface area contributed by atoms with Gasteiger partial charge in [-0.15, -0.1) is 0 Å². The Morgan fingerprint density at radius 2 is 1.52 bits per heavy atom. The summed E-state index contributed by atoms with van der Waals surface area (Å²) in [6, 6.07) is 0. The van der Waals surface area contributed by atoms with Gasteiger partial charge < -0.3 is 9.47 Å². The molecule has 1 aromatic carbocycles. The molecular weight excluding hydrogens is 308 g/mol. The molecule has 0 amide bonds. The largest absolute Gasteiger partial charge is 0.493 e. The van der Waals surface area contributed by atoms with Crippen molar-refractivity contribution in [2.45, 2.75) is 105 Å². The zero-order valence-corrected chi connectivity index (χ0v) is 17.4. The van der Waals surface area contributed by atoms with Gasteiger partial charge in [0.15, 0.2) is 0 Å². The van der Waals surface area contributed by atoms with Crippen LogP contribution in [0.25, 0.3) is 0 Å². The van der Waals surface area contributed by atoms with E-state index in [4.69, 9.17) is 9.47 Å². The standard InChI is InChI=1S/C23H38O2/c1-7-8-9-10-11-12-13-16-24-21-17(2)18(3)22-20(19(21)4)14-15-23(5,6)25-22/h7-16H2,1-6H3. The Morgan fingerprint density at radius 1 is 0.880 bits per heavy atom. The second-order valence-corrected chi connectivity index (χ2v) is 8.34. The summed E-state index contributed by atoms with van der Waals surface area (Å²) in [7, 11) is 0. The summed E-state index contributed by atoms with van der Waals surface area (Å²) >= 11 is 0. The Bertz CT molecular complexity index is 572. The summed E-state index contributed by atoms with van der Waals surface area (Å²) in [5, 5.41) is 0. The minimum Gasteiger partial charge on any atom is -0.493 e. The van der Waals surface area contributed by atoms with Crippen LogP contribution in [0.2, 0.25) is 0 Å². The molecule has 2 heteroatoms. The van der Waals surface area contributed by atoms with Crippen LogP contribution in [0.15, 0.2) is 0 Å². The first-order valence-electron chi connectivity index (χ1n) is 10.3. The number of benzene rings is 1. The second-order valence-electron chi connectivity index (χ2n) is 8.34. The highest BCUT2D eigenvalue weighted by Gasteiger charge is 2.31. The monoisotopic (exact) mass is 346 g/mol. The van der Waals surface area contributed by atoms with E-state index in [1.165, 1.54) is 60.8 Å². The molecule has 0 fully saturated rings. The van der Waals surface area contributed by atoms with E-state index >= 15 is 0 Å². The normalized spacial score (nSPS) is 15.6. The van der Waals surface area contributed by atoms with Crippen LogP contribution in [0.3, 0.4) is 0 Å². The van der Waals surface area contributed by atoms with Gasteiger partial charge in [-0.3, -0.25) is 0 Å². The van der Waals surface area contributed by atoms with Crippen molar-refractivity contribution in [1.82, 2.24) is 0 Å². The molecular formula is C23H38O2. The quantitative estimate of drug-likeness (QED) is 0.455. The van der Waals surface area contributed by atoms with Crippen molar-refractivity contribution in [3.63, 3.8) is 0 Å². The maximum atomic E-state index is 6.30. The van der Waals surface area contributed by atoms with Crippen LogP contribution in [0.4, 0.5) is 0 Å². The van der Waals surface area contributed by atoms with E-state index in [-0.39, 0.29) is 5.60 Å². The highest BCUT2D eigenvalue weighted by atomic mass is 16.5. The minimum atomic E-state index is -0.0587. The van der Waals surface area contributed by atoms with Crippen molar-refractivity contribution < 1.29 is 9.47 Å². The molecule has 0 bridgehead atoms. The number of fused-ring (bicyclic) bond motifs is 1. The van der Waals surface area contributed by atoms with Crippen LogP contribution in [0.1, 0.15) is 94.4 Å². The van der Waals surface area contributed by atoms with Gasteiger partial charge in [0.2, 0.25) is 0 Å². The maximum Gasteiger partial charge on any atom is 0.127 e. The third-order valence-corrected chi connectivity index (χ3v) is 5.66. The van der Waals surface area contributed by atoms with Crippen molar-refractivity contribution in [3.05, 3.63) is 22.3 Å². The Hall–Kier alpha value is -1.18. The van der Waals surface area contributed by atoms with Crippen LogP contribution >= 0.6 is 0 Å². The third kappa shape index (κ3) is 5.15. The molecule has 0 unspecified atom stereocenters. The highest BCUT2D eigenvalue weighted by molar-refractivity contribution is 5.58. The number of hydrogen-bond acceptors (Lipinski definition) is 2. The highest BCUT2D eigenvalue weighted by Crippen LogP contribution is 2.43. The average molecular weight is 347 g/mol. The molecule has 1 aliphatic rings. The molecule has 142 valence electrons. The lowest BCUT2D eigenvalue weighted by Crippen LogP contribution is -2.33. The topological polar surface area (TPSA) is 18.5 Å². The van der Waals surface area contributed by atoms with Gasteiger partial charge in [-0.05, 0) is 70.6 Å². The van der Waals surface area contributed by atoms with E-state index in [9.17, 15) is 0 Å². The lowest BCUT2D eigenvalue weighted by Gasteiger charge is -2.35. The van der Waals surface area contributed by atoms with E-state index in [1.807, 2.05) is 0 Å². The molecule has 1 aliphatic heterocycles. The number of unbranched alkanes of at least 4 members (excludes halogenated alkanes) is 6. The van der Waals surface area contributed by atoms with Gasteiger partial charge in [0.05, 0.1) is 6.61 Å². The smallest absolute Gasteiger partial charge is 0.127 e. The molecule has 0 aliphatic carbocycles. The Balaban J connectivity index is 1.95. The van der Waals surface area contributed by atoms with E-state index in [0.29, 0.717) is 0 Å². The lowest BCUT2D eigenvalue weighted by molar-refractivity contribution is 0.0830. The predicted octanol–water partition coefficient (Wildman–Crippen LogP) is 6.84. The van der Waals surface area contributed by atoms with Crippen molar-refractivity contribution in [1.29, 1.82) is 0 Å². The van der Waals surface area contributed by atoms with Gasteiger partial charge in [-0.25, -0.2) is 0 Å². The molecule has 0 saturated carbocycles. The van der Waals surface area contributed by atoms with Crippen molar-refractivity contribution >= 4 is 0 Å². The molecule has 0 aromatic heterocycles. The summed E-state index contributed by atoms with van der Waals surface area (Å²) in [5.74, 6) is 2.21. The van der Waals surface area contributed by atoms with Gasteiger partial charge in [0, 0.05) is 5.56 Å². The Labute approximate surface area is 155 Å². The second kappa shape index (κ2) is 8.96. The van der Waals surface area contributed by atoms with Crippen LogP contribution in [0.5, 0.6) is 11.5 Å². The van der Waals surface area contributed by atoms with E-state index in [2.05, 4.69) is 41.5 Å². The maximum absolute atomic E-state index is 6.30. The molecule has 2 rings (SSSR count). The van der Waals surface area contributed by atoms with Gasteiger partial charge >= 0.3 is 0 Å². The number of hydrogen-bond donors (Lipinski definition) is 0. The first-order chi connectivity index (χ1) is 11.9. The fraction of sp³-hybridized carbons (Fsp3) is 0.739. The van der Waals surface area contributed by atoms with Gasteiger partial charge in [0.25, 0.3) is 0 Å².